The lowest BCUT2D eigenvalue weighted by Gasteiger charge is -2.19. The van der Waals surface area contributed by atoms with Crippen LogP contribution in [0.5, 0.6) is 0 Å². The van der Waals surface area contributed by atoms with E-state index in [9.17, 15) is 9.59 Å². The Morgan fingerprint density at radius 2 is 1.95 bits per heavy atom. The maximum atomic E-state index is 12.6. The van der Waals surface area contributed by atoms with Crippen molar-refractivity contribution in [3.63, 3.8) is 0 Å². The van der Waals surface area contributed by atoms with Crippen LogP contribution in [0, 0.1) is 5.92 Å². The maximum Gasteiger partial charge on any atom is 0.186 e. The molecule has 1 aromatic carbocycles. The van der Waals surface area contributed by atoms with Crippen molar-refractivity contribution in [2.45, 2.75) is 39.0 Å². The van der Waals surface area contributed by atoms with Crippen molar-refractivity contribution in [3.8, 4) is 0 Å². The molecule has 2 aromatic rings. The Balaban J connectivity index is 2.04. The summed E-state index contributed by atoms with van der Waals surface area (Å²) in [6.07, 6.45) is 5.27. The van der Waals surface area contributed by atoms with Crippen LogP contribution >= 0.6 is 0 Å². The number of carbonyl (C=O) groups excluding carboxylic acids is 2. The molecule has 1 aliphatic carbocycles. The predicted octanol–water partition coefficient (Wildman–Crippen LogP) is 3.11. The molecule has 0 aliphatic heterocycles. The van der Waals surface area contributed by atoms with Crippen molar-refractivity contribution < 1.29 is 9.59 Å². The molecule has 3 rings (SSSR count). The molecule has 0 unspecified atom stereocenters. The summed E-state index contributed by atoms with van der Waals surface area (Å²) >= 11 is 0. The van der Waals surface area contributed by atoms with E-state index in [1.807, 2.05) is 0 Å². The molecule has 5 heteroatoms. The second-order valence-corrected chi connectivity index (χ2v) is 5.81. The van der Waals surface area contributed by atoms with Gasteiger partial charge >= 0.3 is 0 Å². The zero-order chi connectivity index (χ0) is 15.0. The lowest BCUT2D eigenvalue weighted by molar-refractivity contribution is 0.0885. The van der Waals surface area contributed by atoms with Crippen LogP contribution in [0.1, 0.15) is 59.9 Å². The molecule has 1 saturated carbocycles. The lowest BCUT2D eigenvalue weighted by atomic mass is 9.84. The number of nitrogens with two attached hydrogens (primary N) is 1. The smallest absolute Gasteiger partial charge is 0.186 e. The molecule has 1 fully saturated rings. The van der Waals surface area contributed by atoms with Gasteiger partial charge in [-0.2, -0.15) is 5.10 Å². The topological polar surface area (TPSA) is 88.8 Å². The summed E-state index contributed by atoms with van der Waals surface area (Å²) in [5.41, 5.74) is 7.87. The van der Waals surface area contributed by atoms with Crippen LogP contribution in [-0.4, -0.2) is 21.8 Å². The van der Waals surface area contributed by atoms with E-state index < -0.39 is 0 Å². The van der Waals surface area contributed by atoms with Crippen LogP contribution in [0.4, 0.5) is 5.69 Å². The van der Waals surface area contributed by atoms with Gasteiger partial charge in [0.25, 0.3) is 0 Å². The average molecular weight is 285 g/mol. The number of Topliss-reactive ketones (excluding diaryl/α,β-unsaturated/α-hetero) is 2. The molecule has 3 N–H and O–H groups in total. The van der Waals surface area contributed by atoms with Crippen molar-refractivity contribution in [2.24, 2.45) is 5.92 Å². The number of nitrogens with zero attached hydrogens (tertiary/aromatic N) is 1. The molecule has 5 nitrogen and oxygen atoms in total. The van der Waals surface area contributed by atoms with Gasteiger partial charge in [-0.05, 0) is 31.9 Å². The first kappa shape index (κ1) is 13.8. The fourth-order valence-electron chi connectivity index (χ4n) is 3.13. The molecule has 21 heavy (non-hydrogen) atoms. The first-order valence-electron chi connectivity index (χ1n) is 7.40. The van der Waals surface area contributed by atoms with E-state index in [2.05, 4.69) is 10.2 Å². The summed E-state index contributed by atoms with van der Waals surface area (Å²) in [6.45, 7) is 1.47. The highest BCUT2D eigenvalue weighted by molar-refractivity contribution is 6.10. The van der Waals surface area contributed by atoms with Gasteiger partial charge < -0.3 is 5.73 Å². The van der Waals surface area contributed by atoms with E-state index in [4.69, 9.17) is 5.73 Å². The Morgan fingerprint density at radius 3 is 2.62 bits per heavy atom. The van der Waals surface area contributed by atoms with E-state index in [1.54, 1.807) is 12.1 Å². The average Bonchev–Trinajstić information content (AvgIpc) is 2.89. The fraction of sp³-hybridized carbons (Fsp3) is 0.438. The van der Waals surface area contributed by atoms with Gasteiger partial charge in [0.1, 0.15) is 5.69 Å². The monoisotopic (exact) mass is 285 g/mol. The van der Waals surface area contributed by atoms with Crippen LogP contribution in [0.25, 0.3) is 10.9 Å². The van der Waals surface area contributed by atoms with Crippen LogP contribution in [0.3, 0.4) is 0 Å². The minimum absolute atomic E-state index is 0.0589. The van der Waals surface area contributed by atoms with Crippen molar-refractivity contribution in [3.05, 3.63) is 23.4 Å². The number of hydrogen-bond acceptors (Lipinski definition) is 4. The van der Waals surface area contributed by atoms with E-state index in [0.29, 0.717) is 27.8 Å². The number of nitrogens with one attached hydrogen (secondary N) is 1. The molecule has 110 valence electrons. The molecule has 1 heterocycles. The summed E-state index contributed by atoms with van der Waals surface area (Å²) in [5, 5.41) is 7.72. The number of ketones is 2. The highest BCUT2D eigenvalue weighted by Crippen LogP contribution is 2.30. The number of fused-ring (bicyclic) bond motifs is 1. The highest BCUT2D eigenvalue weighted by atomic mass is 16.1. The summed E-state index contributed by atoms with van der Waals surface area (Å²) in [4.78, 5) is 24.3. The van der Waals surface area contributed by atoms with Gasteiger partial charge in [-0.3, -0.25) is 14.7 Å². The van der Waals surface area contributed by atoms with E-state index in [1.165, 1.54) is 13.3 Å². The molecular weight excluding hydrogens is 266 g/mol. The van der Waals surface area contributed by atoms with Crippen molar-refractivity contribution >= 4 is 28.2 Å². The largest absolute Gasteiger partial charge is 0.398 e. The van der Waals surface area contributed by atoms with Crippen molar-refractivity contribution in [1.29, 1.82) is 0 Å². The predicted molar refractivity (Wildman–Crippen MR) is 81.4 cm³/mol. The molecule has 1 aliphatic rings. The highest BCUT2D eigenvalue weighted by Gasteiger charge is 2.26. The number of aromatic nitrogens is 2. The van der Waals surface area contributed by atoms with Crippen LogP contribution < -0.4 is 5.73 Å². The number of rotatable bonds is 3. The Hall–Kier alpha value is -2.17. The van der Waals surface area contributed by atoms with Crippen molar-refractivity contribution in [2.75, 3.05) is 5.73 Å². The van der Waals surface area contributed by atoms with Gasteiger partial charge in [-0.25, -0.2) is 0 Å². The normalized spacial score (nSPS) is 16.2. The number of hydrogen-bond donors (Lipinski definition) is 2. The molecule has 0 radical (unpaired) electrons. The fourth-order valence-corrected chi connectivity index (χ4v) is 3.13. The zero-order valence-corrected chi connectivity index (χ0v) is 12.1. The number of anilines is 1. The Kier molecular flexibility index (Phi) is 3.49. The molecule has 0 saturated heterocycles. The van der Waals surface area contributed by atoms with Crippen LogP contribution in [0.15, 0.2) is 12.1 Å². The summed E-state index contributed by atoms with van der Waals surface area (Å²) < 4.78 is 0. The Morgan fingerprint density at radius 1 is 1.24 bits per heavy atom. The van der Waals surface area contributed by atoms with Gasteiger partial charge in [-0.1, -0.05) is 19.3 Å². The molecule has 0 amide bonds. The third kappa shape index (κ3) is 2.44. The van der Waals surface area contributed by atoms with Gasteiger partial charge in [0.05, 0.1) is 5.52 Å². The summed E-state index contributed by atoms with van der Waals surface area (Å²) in [7, 11) is 0. The molecule has 1 aromatic heterocycles. The minimum Gasteiger partial charge on any atom is -0.398 e. The SMILES string of the molecule is CC(=O)c1cc2c(C(=O)C3CCCCC3)n[nH]c2cc1N. The quantitative estimate of drug-likeness (QED) is 0.670. The van der Waals surface area contributed by atoms with E-state index in [0.717, 1.165) is 25.7 Å². The second-order valence-electron chi connectivity index (χ2n) is 5.81. The maximum absolute atomic E-state index is 12.6. The van der Waals surface area contributed by atoms with E-state index in [-0.39, 0.29) is 17.5 Å². The van der Waals surface area contributed by atoms with Crippen LogP contribution in [0.2, 0.25) is 0 Å². The summed E-state index contributed by atoms with van der Waals surface area (Å²) in [6, 6.07) is 3.36. The zero-order valence-electron chi connectivity index (χ0n) is 12.1. The Bertz CT molecular complexity index is 712. The number of benzene rings is 1. The Labute approximate surface area is 122 Å². The minimum atomic E-state index is -0.105. The van der Waals surface area contributed by atoms with Gasteiger partial charge in [-0.15, -0.1) is 0 Å². The van der Waals surface area contributed by atoms with Gasteiger partial charge in [0, 0.05) is 22.6 Å². The van der Waals surface area contributed by atoms with E-state index >= 15 is 0 Å². The number of aromatic amines is 1. The molecule has 0 atom stereocenters. The third-order valence-corrected chi connectivity index (χ3v) is 4.32. The van der Waals surface area contributed by atoms with Crippen molar-refractivity contribution in [1.82, 2.24) is 10.2 Å². The number of carbonyl (C=O) groups is 2. The van der Waals surface area contributed by atoms with Gasteiger partial charge in [0.2, 0.25) is 0 Å². The number of H-pyrrole nitrogens is 1. The van der Waals surface area contributed by atoms with Crippen LogP contribution in [-0.2, 0) is 0 Å². The molecule has 0 bridgehead atoms. The molecular formula is C16H19N3O2. The summed E-state index contributed by atoms with van der Waals surface area (Å²) in [5.74, 6) is 0.0375. The molecule has 0 spiro atoms. The lowest BCUT2D eigenvalue weighted by Crippen LogP contribution is -2.18. The first-order valence-corrected chi connectivity index (χ1v) is 7.40. The third-order valence-electron chi connectivity index (χ3n) is 4.32. The second kappa shape index (κ2) is 5.31. The first-order chi connectivity index (χ1) is 10.1. The standard InChI is InChI=1S/C16H19N3O2/c1-9(20)11-7-12-14(8-13(11)17)18-19-15(12)16(21)10-5-3-2-4-6-10/h7-8,10H,2-6,17H2,1H3,(H,18,19). The number of nitrogen functional groups attached to an aromatic ring is 1. The van der Waals surface area contributed by atoms with Gasteiger partial charge in [0.15, 0.2) is 11.6 Å².